The molecule has 0 N–H and O–H groups in total. The van der Waals surface area contributed by atoms with Crippen molar-refractivity contribution in [1.29, 1.82) is 0 Å². The van der Waals surface area contributed by atoms with Crippen molar-refractivity contribution in [2.24, 2.45) is 0 Å². The van der Waals surface area contributed by atoms with Crippen LogP contribution < -0.4 is 21.2 Å². The summed E-state index contributed by atoms with van der Waals surface area (Å²) in [5.41, 5.74) is 2.43. The average Bonchev–Trinajstić information content (AvgIpc) is 2.98. The third-order valence-electron chi connectivity index (χ3n) is 5.91. The van der Waals surface area contributed by atoms with E-state index >= 15 is 0 Å². The fraction of sp³-hybridized carbons (Fsp3) is 0.118. The molecule has 0 atom stereocenters. The third-order valence-corrected chi connectivity index (χ3v) is 11.3. The van der Waals surface area contributed by atoms with Crippen LogP contribution in [0.25, 0.3) is 0 Å². The fourth-order valence-corrected chi connectivity index (χ4v) is 9.53. The van der Waals surface area contributed by atoms with E-state index in [2.05, 4.69) is 143 Å². The van der Waals surface area contributed by atoms with Gasteiger partial charge in [-0.2, -0.15) is 35.4 Å². The van der Waals surface area contributed by atoms with Crippen LogP contribution in [-0.4, -0.2) is 12.3 Å². The van der Waals surface area contributed by atoms with Gasteiger partial charge in [0.25, 0.3) is 0 Å². The maximum atomic E-state index is 3.17. The van der Waals surface area contributed by atoms with Gasteiger partial charge < -0.3 is 0 Å². The Bertz CT molecular complexity index is 1120. The number of benzene rings is 5. The van der Waals surface area contributed by atoms with Gasteiger partial charge in [0.2, 0.25) is 0 Å². The molecule has 0 aliphatic heterocycles. The Kier molecular flexibility index (Phi) is 14.5. The molecular formula is C34H33IP2Pd. The van der Waals surface area contributed by atoms with E-state index < -0.39 is 0 Å². The van der Waals surface area contributed by atoms with E-state index in [0.717, 1.165) is 0 Å². The number of aryl methyl sites for hydroxylation is 2. The zero-order valence-electron chi connectivity index (χ0n) is 21.8. The molecule has 38 heavy (non-hydrogen) atoms. The molecule has 5 aromatic rings. The quantitative estimate of drug-likeness (QED) is 0.0684. The Balaban J connectivity index is 0.000000339. The predicted molar refractivity (Wildman–Crippen MR) is 177 cm³/mol. The molecule has 0 bridgehead atoms. The van der Waals surface area contributed by atoms with Crippen LogP contribution in [0.4, 0.5) is 0 Å². The van der Waals surface area contributed by atoms with Crippen LogP contribution in [0, 0.1) is 19.9 Å². The molecule has 0 aromatic heterocycles. The summed E-state index contributed by atoms with van der Waals surface area (Å²) in [6, 6.07) is 53.5. The summed E-state index contributed by atoms with van der Waals surface area (Å²) in [4.78, 5) is 0. The summed E-state index contributed by atoms with van der Waals surface area (Å²) in [5, 5.41) is 5.89. The van der Waals surface area contributed by atoms with E-state index in [1.807, 2.05) is 51.6 Å². The van der Waals surface area contributed by atoms with Gasteiger partial charge in [-0.3, -0.25) is 0 Å². The van der Waals surface area contributed by atoms with Crippen molar-refractivity contribution >= 4 is 56.6 Å². The SMILES string of the molecule is Cc1[c-]c(C)ccc1.[Pd+][I].c1ccc(P(CCP(c2ccccc2)c2ccccc2)c2ccccc2)cc1. The Labute approximate surface area is 253 Å². The number of halogens is 1. The first kappa shape index (κ1) is 30.9. The van der Waals surface area contributed by atoms with Crippen molar-refractivity contribution in [3.05, 3.63) is 157 Å². The maximum absolute atomic E-state index is 3.17. The molecule has 196 valence electrons. The molecule has 0 nitrogen and oxygen atoms in total. The van der Waals surface area contributed by atoms with Crippen LogP contribution in [0.1, 0.15) is 11.1 Å². The van der Waals surface area contributed by atoms with Crippen molar-refractivity contribution < 1.29 is 15.6 Å². The van der Waals surface area contributed by atoms with Crippen LogP contribution in [0.15, 0.2) is 140 Å². The van der Waals surface area contributed by atoms with Crippen molar-refractivity contribution in [1.82, 2.24) is 0 Å². The monoisotopic (exact) mass is 736 g/mol. The summed E-state index contributed by atoms with van der Waals surface area (Å²) < 4.78 is 0. The first-order chi connectivity index (χ1) is 18.7. The fourth-order valence-electron chi connectivity index (χ4n) is 4.18. The maximum Gasteiger partial charge on any atom is -0.0195 e. The van der Waals surface area contributed by atoms with Crippen LogP contribution in [0.3, 0.4) is 0 Å². The van der Waals surface area contributed by atoms with E-state index in [-0.39, 0.29) is 15.8 Å². The number of rotatable bonds is 7. The van der Waals surface area contributed by atoms with E-state index in [1.54, 1.807) is 0 Å². The second kappa shape index (κ2) is 17.8. The van der Waals surface area contributed by atoms with Gasteiger partial charge in [0.05, 0.1) is 0 Å². The zero-order chi connectivity index (χ0) is 27.0. The molecule has 0 aliphatic carbocycles. The minimum atomic E-state index is -0.348. The van der Waals surface area contributed by atoms with Crippen molar-refractivity contribution in [3.8, 4) is 0 Å². The van der Waals surface area contributed by atoms with Gasteiger partial charge in [0.15, 0.2) is 0 Å². The molecule has 0 amide bonds. The normalized spacial score (nSPS) is 10.3. The van der Waals surface area contributed by atoms with Crippen molar-refractivity contribution in [2.75, 3.05) is 12.3 Å². The first-order valence-electron chi connectivity index (χ1n) is 12.5. The Morgan fingerprint density at radius 3 is 0.921 bits per heavy atom. The molecular weight excluding hydrogens is 704 g/mol. The van der Waals surface area contributed by atoms with Gasteiger partial charge in [0, 0.05) is 0 Å². The molecule has 0 saturated heterocycles. The molecule has 0 aliphatic rings. The summed E-state index contributed by atoms with van der Waals surface area (Å²) in [6.07, 6.45) is 2.41. The molecule has 0 saturated carbocycles. The zero-order valence-corrected chi connectivity index (χ0v) is 27.3. The van der Waals surface area contributed by atoms with Crippen molar-refractivity contribution in [2.45, 2.75) is 13.8 Å². The molecule has 5 rings (SSSR count). The predicted octanol–water partition coefficient (Wildman–Crippen LogP) is 8.24. The van der Waals surface area contributed by atoms with Gasteiger partial charge >= 0.3 is 35.1 Å². The molecule has 0 heterocycles. The Hall–Kier alpha value is -1.65. The van der Waals surface area contributed by atoms with E-state index in [9.17, 15) is 0 Å². The van der Waals surface area contributed by atoms with Gasteiger partial charge in [-0.05, 0) is 49.4 Å². The van der Waals surface area contributed by atoms with Crippen LogP contribution >= 0.6 is 35.4 Å². The second-order valence-corrected chi connectivity index (χ2v) is 13.3. The third kappa shape index (κ3) is 10.2. The smallest absolute Gasteiger partial charge is 0.0195 e. The molecule has 0 unspecified atom stereocenters. The number of hydrogen-bond donors (Lipinski definition) is 0. The van der Waals surface area contributed by atoms with E-state index in [1.165, 1.54) is 44.7 Å². The standard InChI is InChI=1S/C26H24P2.C8H9.HI.Pd/c1-5-13-23(14-6-1)27(24-15-7-2-8-16-24)21-22-28(25-17-9-3-10-18-25)26-19-11-4-12-20-26;1-7-4-3-5-8(2)6-7;;/h1-20H,21-22H2;3-5H,1-2H3;1H;/q;-1;;+2/p-1. The summed E-state index contributed by atoms with van der Waals surface area (Å²) in [5.74, 6) is 0. The van der Waals surface area contributed by atoms with Gasteiger partial charge in [-0.25, -0.2) is 0 Å². The van der Waals surface area contributed by atoms with Gasteiger partial charge in [-0.1, -0.05) is 135 Å². The average molecular weight is 737 g/mol. The van der Waals surface area contributed by atoms with Crippen LogP contribution in [0.2, 0.25) is 0 Å². The van der Waals surface area contributed by atoms with E-state index in [0.29, 0.717) is 0 Å². The summed E-state index contributed by atoms with van der Waals surface area (Å²) in [7, 11) is -0.696. The molecule has 0 radical (unpaired) electrons. The second-order valence-electron chi connectivity index (χ2n) is 8.66. The van der Waals surface area contributed by atoms with Crippen LogP contribution in [-0.2, 0) is 15.6 Å². The van der Waals surface area contributed by atoms with Crippen LogP contribution in [0.5, 0.6) is 0 Å². The van der Waals surface area contributed by atoms with E-state index in [4.69, 9.17) is 0 Å². The topological polar surface area (TPSA) is 0 Å². The Morgan fingerprint density at radius 1 is 0.447 bits per heavy atom. The minimum absolute atomic E-state index is 0.348. The molecule has 4 heteroatoms. The number of hydrogen-bond acceptors (Lipinski definition) is 0. The van der Waals surface area contributed by atoms with Crippen molar-refractivity contribution in [3.63, 3.8) is 0 Å². The molecule has 0 spiro atoms. The summed E-state index contributed by atoms with van der Waals surface area (Å²) >= 11 is 4.72. The minimum Gasteiger partial charge on any atom is -0.0622 e. The molecule has 0 fully saturated rings. The Morgan fingerprint density at radius 2 is 0.711 bits per heavy atom. The largest absolute Gasteiger partial charge is 0.0622 e. The summed E-state index contributed by atoms with van der Waals surface area (Å²) in [6.45, 7) is 4.10. The van der Waals surface area contributed by atoms with Gasteiger partial charge in [0.1, 0.15) is 0 Å². The molecule has 5 aromatic carbocycles. The first-order valence-corrected chi connectivity index (χ1v) is 20.2. The van der Waals surface area contributed by atoms with Gasteiger partial charge in [-0.15, -0.1) is 0 Å².